The zero-order valence-corrected chi connectivity index (χ0v) is 19.0. The lowest BCUT2D eigenvalue weighted by molar-refractivity contribution is -0.122. The fraction of sp³-hybridized carbons (Fsp3) is 0.409. The van der Waals surface area contributed by atoms with Gasteiger partial charge in [0.25, 0.3) is 5.91 Å². The Bertz CT molecular complexity index is 1100. The van der Waals surface area contributed by atoms with Gasteiger partial charge in [0.2, 0.25) is 10.0 Å². The number of carbonyl (C=O) groups is 2. The van der Waals surface area contributed by atoms with Gasteiger partial charge in [0.15, 0.2) is 0 Å². The number of sulfonamides is 1. The van der Waals surface area contributed by atoms with Gasteiger partial charge in [-0.2, -0.15) is 0 Å². The topological polar surface area (TPSA) is 127 Å². The van der Waals surface area contributed by atoms with E-state index in [-0.39, 0.29) is 19.2 Å². The van der Waals surface area contributed by atoms with Gasteiger partial charge in [0, 0.05) is 31.0 Å². The highest BCUT2D eigenvalue weighted by Crippen LogP contribution is 2.25. The number of pyridine rings is 1. The van der Waals surface area contributed by atoms with E-state index >= 15 is 0 Å². The molecule has 1 aromatic carbocycles. The summed E-state index contributed by atoms with van der Waals surface area (Å²) in [5.74, 6) is 0.276. The van der Waals surface area contributed by atoms with Crippen LogP contribution in [0.5, 0.6) is 11.5 Å². The quantitative estimate of drug-likeness (QED) is 0.554. The molecule has 0 radical (unpaired) electrons. The smallest absolute Gasteiger partial charge is 0.322 e. The molecule has 4 rings (SSSR count). The second kappa shape index (κ2) is 9.36. The number of benzene rings is 1. The summed E-state index contributed by atoms with van der Waals surface area (Å²) in [5.41, 5.74) is -0.492. The molecule has 2 saturated heterocycles. The third-order valence-corrected chi connectivity index (χ3v) is 7.73. The van der Waals surface area contributed by atoms with E-state index in [1.807, 2.05) is 36.4 Å². The molecule has 3 amide bonds. The molecule has 176 valence electrons. The van der Waals surface area contributed by atoms with Crippen LogP contribution in [-0.2, 0) is 21.4 Å². The van der Waals surface area contributed by atoms with E-state index in [9.17, 15) is 18.0 Å². The molecule has 33 heavy (non-hydrogen) atoms. The maximum atomic E-state index is 12.8. The van der Waals surface area contributed by atoms with Crippen molar-refractivity contribution in [1.82, 2.24) is 19.9 Å². The van der Waals surface area contributed by atoms with Gasteiger partial charge in [-0.1, -0.05) is 6.07 Å². The van der Waals surface area contributed by atoms with Crippen LogP contribution in [0.2, 0.25) is 0 Å². The molecule has 1 atom stereocenters. The Kier molecular flexibility index (Phi) is 6.52. The van der Waals surface area contributed by atoms with Gasteiger partial charge < -0.3 is 14.8 Å². The molecule has 10 nitrogen and oxygen atoms in total. The second-order valence-electron chi connectivity index (χ2n) is 8.33. The Morgan fingerprint density at radius 2 is 1.82 bits per heavy atom. The predicted molar refractivity (Wildman–Crippen MR) is 119 cm³/mol. The number of nitrogens with zero attached hydrogens (tertiary/aromatic N) is 2. The lowest BCUT2D eigenvalue weighted by Gasteiger charge is -2.33. The number of rotatable bonds is 8. The number of imide groups is 1. The first-order valence-electron chi connectivity index (χ1n) is 10.6. The minimum Gasteiger partial charge on any atom is -0.490 e. The molecule has 0 unspecified atom stereocenters. The van der Waals surface area contributed by atoms with Crippen LogP contribution in [0.25, 0.3) is 0 Å². The van der Waals surface area contributed by atoms with Gasteiger partial charge in [-0.05, 0) is 50.1 Å². The Morgan fingerprint density at radius 3 is 2.42 bits per heavy atom. The Morgan fingerprint density at radius 1 is 1.12 bits per heavy atom. The summed E-state index contributed by atoms with van der Waals surface area (Å²) in [7, 11) is -3.73. The number of hydrogen-bond acceptors (Lipinski definition) is 7. The highest BCUT2D eigenvalue weighted by Gasteiger charge is 2.46. The molecule has 2 fully saturated rings. The van der Waals surface area contributed by atoms with Crippen LogP contribution in [0.3, 0.4) is 0 Å². The van der Waals surface area contributed by atoms with Crippen molar-refractivity contribution in [1.29, 1.82) is 0 Å². The largest absolute Gasteiger partial charge is 0.490 e. The van der Waals surface area contributed by atoms with Gasteiger partial charge in [0.05, 0.1) is 5.75 Å². The number of amides is 3. The first-order chi connectivity index (χ1) is 15.7. The fourth-order valence-corrected chi connectivity index (χ4v) is 5.71. The lowest BCUT2D eigenvalue weighted by atomic mass is 10.1. The molecule has 0 bridgehead atoms. The van der Waals surface area contributed by atoms with E-state index in [0.29, 0.717) is 30.9 Å². The van der Waals surface area contributed by atoms with E-state index in [1.54, 1.807) is 12.4 Å². The summed E-state index contributed by atoms with van der Waals surface area (Å²) in [6.45, 7) is 2.39. The summed E-state index contributed by atoms with van der Waals surface area (Å²) in [5, 5.41) is 4.48. The monoisotopic (exact) mass is 474 g/mol. The third kappa shape index (κ3) is 5.60. The van der Waals surface area contributed by atoms with Crippen molar-refractivity contribution in [3.05, 3.63) is 54.4 Å². The van der Waals surface area contributed by atoms with Crippen LogP contribution in [-0.4, -0.2) is 60.1 Å². The normalized spacial score (nSPS) is 22.0. The first-order valence-corrected chi connectivity index (χ1v) is 12.2. The van der Waals surface area contributed by atoms with Crippen molar-refractivity contribution < 1.29 is 27.5 Å². The van der Waals surface area contributed by atoms with E-state index < -0.39 is 33.3 Å². The number of urea groups is 1. The maximum absolute atomic E-state index is 12.8. The van der Waals surface area contributed by atoms with Crippen LogP contribution in [0.15, 0.2) is 48.8 Å². The molecule has 2 aliphatic rings. The van der Waals surface area contributed by atoms with Crippen molar-refractivity contribution in [3.8, 4) is 11.5 Å². The number of carbonyl (C=O) groups excluding carboxylic acids is 2. The minimum absolute atomic E-state index is 0.122. The second-order valence-corrected chi connectivity index (χ2v) is 10.3. The van der Waals surface area contributed by atoms with Gasteiger partial charge in [0.1, 0.15) is 29.7 Å². The van der Waals surface area contributed by atoms with E-state index in [4.69, 9.17) is 9.47 Å². The molecule has 2 aromatic rings. The van der Waals surface area contributed by atoms with Crippen molar-refractivity contribution in [2.45, 2.75) is 38.0 Å². The number of ether oxygens (including phenoxy) is 2. The van der Waals surface area contributed by atoms with Crippen LogP contribution < -0.4 is 20.1 Å². The Labute approximate surface area is 192 Å². The maximum Gasteiger partial charge on any atom is 0.322 e. The molecular weight excluding hydrogens is 448 g/mol. The molecule has 1 aromatic heterocycles. The number of nitrogens with one attached hydrogen (secondary N) is 2. The molecule has 2 N–H and O–H groups in total. The Balaban J connectivity index is 1.26. The number of aromatic nitrogens is 1. The molecule has 0 saturated carbocycles. The van der Waals surface area contributed by atoms with Crippen molar-refractivity contribution in [2.24, 2.45) is 0 Å². The zero-order chi connectivity index (χ0) is 23.5. The van der Waals surface area contributed by atoms with Crippen LogP contribution >= 0.6 is 0 Å². The summed E-state index contributed by atoms with van der Waals surface area (Å²) in [6, 6.07) is 10.4. The molecule has 3 heterocycles. The molecule has 2 aliphatic heterocycles. The number of hydrogen-bond donors (Lipinski definition) is 2. The zero-order valence-electron chi connectivity index (χ0n) is 18.2. The van der Waals surface area contributed by atoms with Gasteiger partial charge in [-0.25, -0.2) is 17.5 Å². The molecular formula is C22H26N4O6S. The van der Waals surface area contributed by atoms with Gasteiger partial charge in [-0.3, -0.25) is 15.1 Å². The lowest BCUT2D eigenvalue weighted by Crippen LogP contribution is -2.53. The average molecular weight is 475 g/mol. The molecule has 0 spiro atoms. The summed E-state index contributed by atoms with van der Waals surface area (Å²) in [4.78, 5) is 27.4. The summed E-state index contributed by atoms with van der Waals surface area (Å²) < 4.78 is 38.7. The average Bonchev–Trinajstić information content (AvgIpc) is 3.04. The summed E-state index contributed by atoms with van der Waals surface area (Å²) in [6.07, 6.45) is 4.39. The van der Waals surface area contributed by atoms with Crippen molar-refractivity contribution in [2.75, 3.05) is 18.8 Å². The SMILES string of the molecule is C[C@]1(CS(=O)(=O)N2CCC(Oc3ccc(OCc4cccnc4)cc3)CC2)NC(=O)NC1=O. The van der Waals surface area contributed by atoms with Crippen molar-refractivity contribution in [3.63, 3.8) is 0 Å². The highest BCUT2D eigenvalue weighted by atomic mass is 32.2. The van der Waals surface area contributed by atoms with E-state index in [2.05, 4.69) is 15.6 Å². The number of piperidine rings is 1. The molecule has 0 aliphatic carbocycles. The fourth-order valence-electron chi connectivity index (χ4n) is 3.82. The van der Waals surface area contributed by atoms with E-state index in [0.717, 1.165) is 5.56 Å². The third-order valence-electron chi connectivity index (χ3n) is 5.64. The minimum atomic E-state index is -3.73. The summed E-state index contributed by atoms with van der Waals surface area (Å²) >= 11 is 0. The first kappa shape index (κ1) is 23.0. The van der Waals surface area contributed by atoms with Crippen molar-refractivity contribution >= 4 is 22.0 Å². The van der Waals surface area contributed by atoms with Crippen LogP contribution in [0, 0.1) is 0 Å². The predicted octanol–water partition coefficient (Wildman–Crippen LogP) is 1.43. The van der Waals surface area contributed by atoms with Gasteiger partial charge >= 0.3 is 6.03 Å². The Hall–Kier alpha value is -3.18. The standard InChI is InChI=1S/C22H26N4O6S/c1-22(20(27)24-21(28)25-22)15-33(29,30)26-11-8-19(9-12-26)32-18-6-4-17(5-7-18)31-14-16-3-2-10-23-13-16/h2-7,10,13,19H,8-9,11-12,14-15H2,1H3,(H2,24,25,27,28)/t22-/m1/s1. The molecule has 11 heteroatoms. The highest BCUT2D eigenvalue weighted by molar-refractivity contribution is 7.89. The van der Waals surface area contributed by atoms with Crippen LogP contribution in [0.1, 0.15) is 25.3 Å². The van der Waals surface area contributed by atoms with Crippen LogP contribution in [0.4, 0.5) is 4.79 Å². The van der Waals surface area contributed by atoms with Gasteiger partial charge in [-0.15, -0.1) is 0 Å². The van der Waals surface area contributed by atoms with E-state index in [1.165, 1.54) is 11.2 Å².